The third-order valence-corrected chi connectivity index (χ3v) is 4.67. The van der Waals surface area contributed by atoms with Crippen molar-refractivity contribution in [2.45, 2.75) is 51.7 Å². The average Bonchev–Trinajstić information content (AvgIpc) is 3.15. The van der Waals surface area contributed by atoms with Crippen LogP contribution in [0.3, 0.4) is 0 Å². The van der Waals surface area contributed by atoms with Crippen LogP contribution in [0, 0.1) is 0 Å². The molecule has 0 bridgehead atoms. The Kier molecular flexibility index (Phi) is 5.18. The van der Waals surface area contributed by atoms with E-state index in [0.29, 0.717) is 24.9 Å². The van der Waals surface area contributed by atoms with E-state index < -0.39 is 0 Å². The van der Waals surface area contributed by atoms with Gasteiger partial charge in [0.05, 0.1) is 11.6 Å². The first-order valence-electron chi connectivity index (χ1n) is 8.91. The highest BCUT2D eigenvalue weighted by atomic mass is 16.5. The Morgan fingerprint density at radius 3 is 2.88 bits per heavy atom. The first-order valence-corrected chi connectivity index (χ1v) is 8.91. The second kappa shape index (κ2) is 7.37. The average molecular weight is 359 g/mol. The van der Waals surface area contributed by atoms with Gasteiger partial charge in [-0.05, 0) is 45.4 Å². The van der Waals surface area contributed by atoms with Crippen LogP contribution in [0.25, 0.3) is 0 Å². The number of carbonyl (C=O) groups is 2. The van der Waals surface area contributed by atoms with Crippen molar-refractivity contribution in [3.8, 4) is 11.5 Å². The van der Waals surface area contributed by atoms with E-state index in [1.54, 1.807) is 17.0 Å². The van der Waals surface area contributed by atoms with Gasteiger partial charge in [-0.3, -0.25) is 19.5 Å². The monoisotopic (exact) mass is 359 g/mol. The Morgan fingerprint density at radius 1 is 1.42 bits per heavy atom. The number of amides is 1. The molecule has 0 saturated carbocycles. The van der Waals surface area contributed by atoms with Crippen molar-refractivity contribution < 1.29 is 19.4 Å². The van der Waals surface area contributed by atoms with E-state index in [0.717, 1.165) is 5.82 Å². The molecular weight excluding hydrogens is 334 g/mol. The van der Waals surface area contributed by atoms with Gasteiger partial charge in [-0.1, -0.05) is 6.07 Å². The molecule has 3 rings (SSSR count). The number of likely N-dealkylation sites (tertiary alicyclic amines) is 1. The lowest BCUT2D eigenvalue weighted by molar-refractivity contribution is -0.128. The molecule has 26 heavy (non-hydrogen) atoms. The van der Waals surface area contributed by atoms with Gasteiger partial charge < -0.3 is 9.84 Å². The van der Waals surface area contributed by atoms with E-state index in [4.69, 9.17) is 4.74 Å². The topological polar surface area (TPSA) is 82.1 Å². The van der Waals surface area contributed by atoms with Gasteiger partial charge >= 0.3 is 0 Å². The van der Waals surface area contributed by atoms with Gasteiger partial charge in [-0.15, -0.1) is 0 Å². The number of nitrogens with one attached hydrogen (secondary N) is 1. The molecule has 1 saturated heterocycles. The SMILES string of the molecule is CC(C)N1N[C@H](C)C=C1N1C(=O)CC[C@H]1COc1cccc(O)c1C=O. The largest absolute Gasteiger partial charge is 0.507 e. The van der Waals surface area contributed by atoms with Crippen molar-refractivity contribution in [1.82, 2.24) is 15.3 Å². The number of phenolic OH excluding ortho intramolecular Hbond substituents is 1. The molecule has 7 nitrogen and oxygen atoms in total. The molecule has 0 unspecified atom stereocenters. The second-order valence-corrected chi connectivity index (χ2v) is 6.98. The number of nitrogens with zero attached hydrogens (tertiary/aromatic N) is 2. The van der Waals surface area contributed by atoms with Crippen LogP contribution in [0.2, 0.25) is 0 Å². The molecule has 1 aromatic carbocycles. The number of rotatable bonds is 6. The summed E-state index contributed by atoms with van der Waals surface area (Å²) in [5.41, 5.74) is 3.47. The summed E-state index contributed by atoms with van der Waals surface area (Å²) in [4.78, 5) is 25.5. The Hall–Kier alpha value is -2.54. The van der Waals surface area contributed by atoms with E-state index in [1.807, 2.05) is 18.0 Å². The van der Waals surface area contributed by atoms with Crippen molar-refractivity contribution >= 4 is 12.2 Å². The zero-order chi connectivity index (χ0) is 18.8. The van der Waals surface area contributed by atoms with Crippen LogP contribution in [0.4, 0.5) is 0 Å². The van der Waals surface area contributed by atoms with Crippen molar-refractivity contribution in [3.63, 3.8) is 0 Å². The molecule has 0 aromatic heterocycles. The maximum atomic E-state index is 12.5. The highest BCUT2D eigenvalue weighted by Crippen LogP contribution is 2.31. The molecule has 2 N–H and O–H groups in total. The zero-order valence-corrected chi connectivity index (χ0v) is 15.3. The van der Waals surface area contributed by atoms with Crippen molar-refractivity contribution in [2.24, 2.45) is 0 Å². The Labute approximate surface area is 153 Å². The van der Waals surface area contributed by atoms with Crippen molar-refractivity contribution in [1.29, 1.82) is 0 Å². The van der Waals surface area contributed by atoms with Gasteiger partial charge in [0.1, 0.15) is 23.9 Å². The number of ether oxygens (including phenoxy) is 1. The fourth-order valence-electron chi connectivity index (χ4n) is 3.42. The maximum absolute atomic E-state index is 12.5. The van der Waals surface area contributed by atoms with Gasteiger partial charge in [-0.2, -0.15) is 0 Å². The third-order valence-electron chi connectivity index (χ3n) is 4.67. The molecular formula is C19H25N3O4. The lowest BCUT2D eigenvalue weighted by Crippen LogP contribution is -2.48. The molecule has 0 aliphatic carbocycles. The standard InChI is InChI=1S/C19H25N3O4/c1-12(2)22-18(9-13(3)20-22)21-14(7-8-19(21)25)11-26-17-6-4-5-16(24)15(17)10-23/h4-6,9-10,12-14,20,24H,7-8,11H2,1-3H3/t13-,14+/m1/s1. The molecule has 1 aromatic rings. The number of aromatic hydroxyl groups is 1. The van der Waals surface area contributed by atoms with Gasteiger partial charge in [0.25, 0.3) is 0 Å². The van der Waals surface area contributed by atoms with Crippen LogP contribution in [-0.2, 0) is 4.79 Å². The van der Waals surface area contributed by atoms with E-state index >= 15 is 0 Å². The molecule has 7 heteroatoms. The summed E-state index contributed by atoms with van der Waals surface area (Å²) < 4.78 is 5.80. The van der Waals surface area contributed by atoms with Crippen LogP contribution in [0.1, 0.15) is 44.0 Å². The van der Waals surface area contributed by atoms with Crippen LogP contribution < -0.4 is 10.2 Å². The first kappa shape index (κ1) is 18.3. The molecule has 1 amide bonds. The highest BCUT2D eigenvalue weighted by molar-refractivity contribution is 5.83. The summed E-state index contributed by atoms with van der Waals surface area (Å²) in [6, 6.07) is 4.94. The number of hydrogen-bond acceptors (Lipinski definition) is 6. The summed E-state index contributed by atoms with van der Waals surface area (Å²) in [7, 11) is 0. The van der Waals surface area contributed by atoms with Crippen molar-refractivity contribution in [2.75, 3.05) is 6.61 Å². The minimum atomic E-state index is -0.121. The smallest absolute Gasteiger partial charge is 0.228 e. The molecule has 2 aliphatic heterocycles. The van der Waals surface area contributed by atoms with Gasteiger partial charge in [-0.25, -0.2) is 5.43 Å². The summed E-state index contributed by atoms with van der Waals surface area (Å²) in [5, 5.41) is 11.8. The number of aldehydes is 1. The molecule has 2 heterocycles. The van der Waals surface area contributed by atoms with E-state index in [-0.39, 0.29) is 42.0 Å². The van der Waals surface area contributed by atoms with Crippen LogP contribution in [0.15, 0.2) is 30.1 Å². The molecule has 140 valence electrons. The Morgan fingerprint density at radius 2 is 2.19 bits per heavy atom. The fraction of sp³-hybridized carbons (Fsp3) is 0.474. The van der Waals surface area contributed by atoms with Crippen LogP contribution in [0.5, 0.6) is 11.5 Å². The van der Waals surface area contributed by atoms with Gasteiger partial charge in [0.2, 0.25) is 5.91 Å². The van der Waals surface area contributed by atoms with E-state index in [9.17, 15) is 14.7 Å². The number of phenols is 1. The minimum absolute atomic E-state index is 0.0675. The molecule has 2 atom stereocenters. The number of benzene rings is 1. The molecule has 1 fully saturated rings. The number of hydrazine groups is 1. The van der Waals surface area contributed by atoms with Crippen molar-refractivity contribution in [3.05, 3.63) is 35.7 Å². The molecule has 2 aliphatic rings. The van der Waals surface area contributed by atoms with E-state index in [1.165, 1.54) is 6.07 Å². The number of hydrogen-bond donors (Lipinski definition) is 2. The fourth-order valence-corrected chi connectivity index (χ4v) is 3.42. The van der Waals surface area contributed by atoms with Gasteiger partial charge in [0, 0.05) is 18.5 Å². The molecule has 0 spiro atoms. The predicted octanol–water partition coefficient (Wildman–Crippen LogP) is 2.03. The third kappa shape index (κ3) is 3.39. The summed E-state index contributed by atoms with van der Waals surface area (Å²) in [6.07, 6.45) is 3.77. The molecule has 0 radical (unpaired) electrons. The maximum Gasteiger partial charge on any atom is 0.228 e. The quantitative estimate of drug-likeness (QED) is 0.757. The predicted molar refractivity (Wildman–Crippen MR) is 96.5 cm³/mol. The van der Waals surface area contributed by atoms with E-state index in [2.05, 4.69) is 19.3 Å². The zero-order valence-electron chi connectivity index (χ0n) is 15.3. The van der Waals surface area contributed by atoms with Gasteiger partial charge in [0.15, 0.2) is 6.29 Å². The lowest BCUT2D eigenvalue weighted by Gasteiger charge is -2.34. The Balaban J connectivity index is 1.78. The normalized spacial score (nSPS) is 22.9. The highest BCUT2D eigenvalue weighted by Gasteiger charge is 2.39. The summed E-state index contributed by atoms with van der Waals surface area (Å²) >= 11 is 0. The summed E-state index contributed by atoms with van der Waals surface area (Å²) in [6.45, 7) is 6.42. The first-order chi connectivity index (χ1) is 12.4. The summed E-state index contributed by atoms with van der Waals surface area (Å²) in [5.74, 6) is 1.14. The number of carbonyl (C=O) groups excluding carboxylic acids is 2. The Bertz CT molecular complexity index is 731. The minimum Gasteiger partial charge on any atom is -0.507 e. The second-order valence-electron chi connectivity index (χ2n) is 6.98. The lowest BCUT2D eigenvalue weighted by atomic mass is 10.2. The van der Waals surface area contributed by atoms with Crippen LogP contribution in [-0.4, -0.2) is 51.9 Å². The van der Waals surface area contributed by atoms with Crippen LogP contribution >= 0.6 is 0 Å².